The van der Waals surface area contributed by atoms with Crippen LogP contribution in [0.1, 0.15) is 0 Å². The maximum Gasteiger partial charge on any atom is 0.133 e. The molecule has 2 nitrogen and oxygen atoms in total. The summed E-state index contributed by atoms with van der Waals surface area (Å²) in [4.78, 5) is 7.83. The van der Waals surface area contributed by atoms with Crippen molar-refractivity contribution in [2.24, 2.45) is 4.99 Å². The molecule has 0 spiro atoms. The molecule has 0 aliphatic carbocycles. The van der Waals surface area contributed by atoms with Gasteiger partial charge in [-0.1, -0.05) is 0 Å². The summed E-state index contributed by atoms with van der Waals surface area (Å²) in [5.74, 6) is 0. The van der Waals surface area contributed by atoms with Gasteiger partial charge in [0.05, 0.1) is 5.16 Å². The zero-order valence-electron chi connectivity index (χ0n) is 5.21. The van der Waals surface area contributed by atoms with Crippen LogP contribution in [0.2, 0.25) is 0 Å². The molecule has 0 N–H and O–H groups in total. The van der Waals surface area contributed by atoms with Gasteiger partial charge in [0.25, 0.3) is 0 Å². The molecule has 1 aromatic rings. The van der Waals surface area contributed by atoms with Crippen LogP contribution >= 0.6 is 44.1 Å². The lowest BCUT2D eigenvalue weighted by Gasteiger charge is -1.94. The summed E-state index contributed by atoms with van der Waals surface area (Å²) in [6.07, 6.45) is 0. The Bertz CT molecular complexity index is 320. The van der Waals surface area contributed by atoms with Crippen LogP contribution in [0.15, 0.2) is 26.3 Å². The fourth-order valence-corrected chi connectivity index (χ4v) is 1.59. The van der Waals surface area contributed by atoms with Gasteiger partial charge in [-0.25, -0.2) is 4.98 Å². The predicted molar refractivity (Wildman–Crippen MR) is 54.3 cm³/mol. The monoisotopic (exact) mass is 292 g/mol. The highest BCUT2D eigenvalue weighted by atomic mass is 79.9. The molecule has 0 fully saturated rings. The average molecular weight is 294 g/mol. The van der Waals surface area contributed by atoms with Crippen molar-refractivity contribution in [3.05, 3.63) is 21.3 Å². The van der Waals surface area contributed by atoms with E-state index < -0.39 is 0 Å². The Morgan fingerprint density at radius 3 is 2.73 bits per heavy atom. The second kappa shape index (κ2) is 4.07. The molecule has 0 aromatic carbocycles. The summed E-state index contributed by atoms with van der Waals surface area (Å²) in [5, 5.41) is 2.27. The Morgan fingerprint density at radius 2 is 2.18 bits per heavy atom. The molecule has 1 aromatic heterocycles. The lowest BCUT2D eigenvalue weighted by Crippen LogP contribution is -1.76. The Hall–Kier alpha value is -0.0900. The smallest absolute Gasteiger partial charge is 0.133 e. The summed E-state index contributed by atoms with van der Waals surface area (Å²) < 4.78 is 1.41. The molecule has 0 unspecified atom stereocenters. The van der Waals surface area contributed by atoms with E-state index in [9.17, 15) is 0 Å². The quantitative estimate of drug-likeness (QED) is 0.451. The van der Waals surface area contributed by atoms with Gasteiger partial charge in [-0.15, -0.1) is 0 Å². The second-order valence-electron chi connectivity index (χ2n) is 1.65. The molecule has 56 valence electrons. The minimum Gasteiger partial charge on any atom is -0.232 e. The van der Waals surface area contributed by atoms with E-state index in [-0.39, 0.29) is 0 Å². The molecule has 5 heteroatoms. The van der Waals surface area contributed by atoms with E-state index in [4.69, 9.17) is 0 Å². The Labute approximate surface area is 86.0 Å². The minimum atomic E-state index is 0.657. The number of aromatic nitrogens is 1. The molecule has 0 aliphatic heterocycles. The second-order valence-corrected chi connectivity index (χ2v) is 3.39. The van der Waals surface area contributed by atoms with Gasteiger partial charge >= 0.3 is 0 Å². The lowest BCUT2D eigenvalue weighted by molar-refractivity contribution is 1.22. The minimum absolute atomic E-state index is 0.657. The van der Waals surface area contributed by atoms with Gasteiger partial charge in [0.15, 0.2) is 0 Å². The van der Waals surface area contributed by atoms with E-state index >= 15 is 0 Å². The first-order valence-electron chi connectivity index (χ1n) is 2.64. The maximum absolute atomic E-state index is 4.45. The fourth-order valence-electron chi connectivity index (χ4n) is 0.537. The van der Waals surface area contributed by atoms with Crippen LogP contribution in [0.3, 0.4) is 0 Å². The third-order valence-electron chi connectivity index (χ3n) is 0.961. The number of isothiocyanates is 1. The largest absolute Gasteiger partial charge is 0.232 e. The number of aliphatic imine (C=N–C) groups is 1. The number of hydrogen-bond acceptors (Lipinski definition) is 3. The highest BCUT2D eigenvalue weighted by molar-refractivity contribution is 9.11. The van der Waals surface area contributed by atoms with Crippen molar-refractivity contribution in [3.8, 4) is 0 Å². The van der Waals surface area contributed by atoms with Gasteiger partial charge in [0.1, 0.15) is 14.9 Å². The van der Waals surface area contributed by atoms with Crippen molar-refractivity contribution < 1.29 is 0 Å². The molecule has 0 radical (unpaired) electrons. The first-order chi connectivity index (χ1) is 5.24. The number of rotatable bonds is 1. The molecule has 0 aliphatic rings. The van der Waals surface area contributed by atoms with Gasteiger partial charge in [0.2, 0.25) is 0 Å². The van der Waals surface area contributed by atoms with Crippen molar-refractivity contribution in [1.29, 1.82) is 0 Å². The van der Waals surface area contributed by atoms with E-state index in [0.29, 0.717) is 10.3 Å². The number of pyridine rings is 1. The zero-order chi connectivity index (χ0) is 8.27. The fraction of sp³-hybridized carbons (Fsp3) is 0. The zero-order valence-corrected chi connectivity index (χ0v) is 9.20. The molecule has 0 amide bonds. The summed E-state index contributed by atoms with van der Waals surface area (Å²) >= 11 is 10.9. The molecule has 11 heavy (non-hydrogen) atoms. The summed E-state index contributed by atoms with van der Waals surface area (Å²) in [5.41, 5.74) is 0.684. The van der Waals surface area contributed by atoms with Crippen LogP contribution < -0.4 is 0 Å². The van der Waals surface area contributed by atoms with E-state index in [0.717, 1.165) is 4.60 Å². The van der Waals surface area contributed by atoms with Crippen LogP contribution in [-0.2, 0) is 0 Å². The number of halogens is 2. The molecular weight excluding hydrogens is 292 g/mol. The third kappa shape index (κ3) is 2.45. The van der Waals surface area contributed by atoms with Crippen molar-refractivity contribution in [3.63, 3.8) is 0 Å². The SMILES string of the molecule is S=C=Nc1ccc(Br)nc1Br. The Kier molecular flexibility index (Phi) is 3.33. The van der Waals surface area contributed by atoms with Gasteiger partial charge in [0, 0.05) is 0 Å². The number of hydrogen-bond donors (Lipinski definition) is 0. The van der Waals surface area contributed by atoms with Crippen LogP contribution in [0.4, 0.5) is 5.69 Å². The van der Waals surface area contributed by atoms with Crippen LogP contribution in [0.5, 0.6) is 0 Å². The van der Waals surface area contributed by atoms with Crippen molar-refractivity contribution in [1.82, 2.24) is 4.98 Å². The first kappa shape index (κ1) is 9.00. The molecular formula is C6H2Br2N2S. The Balaban J connectivity index is 3.19. The molecule has 1 rings (SSSR count). The summed E-state index contributed by atoms with van der Waals surface area (Å²) in [6.45, 7) is 0. The van der Waals surface area contributed by atoms with Crippen molar-refractivity contribution in [2.75, 3.05) is 0 Å². The molecule has 0 saturated heterocycles. The van der Waals surface area contributed by atoms with E-state index in [1.807, 2.05) is 0 Å². The van der Waals surface area contributed by atoms with Crippen LogP contribution in [-0.4, -0.2) is 10.1 Å². The van der Waals surface area contributed by atoms with Crippen LogP contribution in [0, 0.1) is 0 Å². The third-order valence-corrected chi connectivity index (χ3v) is 2.08. The van der Waals surface area contributed by atoms with Gasteiger partial charge < -0.3 is 0 Å². The summed E-state index contributed by atoms with van der Waals surface area (Å²) in [6, 6.07) is 3.58. The average Bonchev–Trinajstić information content (AvgIpc) is 1.95. The normalized spacial score (nSPS) is 8.91. The first-order valence-corrected chi connectivity index (χ1v) is 4.63. The predicted octanol–water partition coefficient (Wildman–Crippen LogP) is 3.34. The highest BCUT2D eigenvalue weighted by Crippen LogP contribution is 2.24. The van der Waals surface area contributed by atoms with E-state index in [1.54, 1.807) is 12.1 Å². The maximum atomic E-state index is 4.45. The molecule has 0 saturated carbocycles. The Morgan fingerprint density at radius 1 is 1.45 bits per heavy atom. The lowest BCUT2D eigenvalue weighted by atomic mass is 10.4. The topological polar surface area (TPSA) is 25.2 Å². The van der Waals surface area contributed by atoms with Gasteiger partial charge in [-0.3, -0.25) is 0 Å². The highest BCUT2D eigenvalue weighted by Gasteiger charge is 1.98. The molecule has 1 heterocycles. The van der Waals surface area contributed by atoms with Gasteiger partial charge in [-0.05, 0) is 56.2 Å². The number of nitrogens with zero attached hydrogens (tertiary/aromatic N) is 2. The molecule has 0 bridgehead atoms. The molecule has 0 atom stereocenters. The van der Waals surface area contributed by atoms with Crippen molar-refractivity contribution in [2.45, 2.75) is 0 Å². The standard InChI is InChI=1S/C6H2Br2N2S/c7-5-2-1-4(9-3-11)6(8)10-5/h1-2H. The summed E-state index contributed by atoms with van der Waals surface area (Å²) in [7, 11) is 0. The van der Waals surface area contributed by atoms with Gasteiger partial charge in [-0.2, -0.15) is 4.99 Å². The van der Waals surface area contributed by atoms with Crippen molar-refractivity contribution >= 4 is 54.9 Å². The van der Waals surface area contributed by atoms with E-state index in [2.05, 4.69) is 59.2 Å². The van der Waals surface area contributed by atoms with E-state index in [1.165, 1.54) is 0 Å². The number of thiocarbonyl (C=S) groups is 1. The van der Waals surface area contributed by atoms with Crippen LogP contribution in [0.25, 0.3) is 0 Å².